The van der Waals surface area contributed by atoms with Gasteiger partial charge in [-0.05, 0) is 24.3 Å². The number of anilines is 1. The van der Waals surface area contributed by atoms with E-state index in [4.69, 9.17) is 9.15 Å². The fourth-order valence-electron chi connectivity index (χ4n) is 3.10. The molecule has 1 fully saturated rings. The maximum atomic E-state index is 12.5. The molecule has 1 aliphatic rings. The molecule has 0 unspecified atom stereocenters. The number of hydrogen-bond donors (Lipinski definition) is 2. The highest BCUT2D eigenvalue weighted by atomic mass is 16.5. The van der Waals surface area contributed by atoms with E-state index >= 15 is 0 Å². The third kappa shape index (κ3) is 6.71. The van der Waals surface area contributed by atoms with Crippen LogP contribution in [0.25, 0.3) is 0 Å². The van der Waals surface area contributed by atoms with Crippen LogP contribution < -0.4 is 15.4 Å². The van der Waals surface area contributed by atoms with E-state index in [0.717, 1.165) is 0 Å². The fourth-order valence-corrected chi connectivity index (χ4v) is 3.10. The second kappa shape index (κ2) is 11.0. The van der Waals surface area contributed by atoms with E-state index in [-0.39, 0.29) is 30.1 Å². The van der Waals surface area contributed by atoms with Gasteiger partial charge in [-0.3, -0.25) is 19.3 Å². The smallest absolute Gasteiger partial charge is 0.291 e. The molecule has 9 nitrogen and oxygen atoms in total. The first kappa shape index (κ1) is 22.1. The molecule has 0 aliphatic carbocycles. The molecule has 1 aliphatic heterocycles. The Bertz CT molecular complexity index is 904. The Morgan fingerprint density at radius 3 is 2.65 bits per heavy atom. The molecule has 3 rings (SSSR count). The topological polar surface area (TPSA) is 104 Å². The van der Waals surface area contributed by atoms with Gasteiger partial charge in [0.1, 0.15) is 5.75 Å². The summed E-state index contributed by atoms with van der Waals surface area (Å²) < 4.78 is 10.7. The Labute approximate surface area is 180 Å². The molecule has 2 aromatic rings. The van der Waals surface area contributed by atoms with E-state index in [2.05, 4.69) is 17.2 Å². The van der Waals surface area contributed by atoms with Crippen molar-refractivity contribution in [1.82, 2.24) is 15.1 Å². The predicted octanol–water partition coefficient (Wildman–Crippen LogP) is 1.36. The Morgan fingerprint density at radius 2 is 1.94 bits per heavy atom. The summed E-state index contributed by atoms with van der Waals surface area (Å²) in [5.74, 6) is 0.138. The number of rotatable bonds is 9. The molecule has 1 aromatic heterocycles. The van der Waals surface area contributed by atoms with E-state index in [1.54, 1.807) is 47.4 Å². The maximum Gasteiger partial charge on any atom is 0.291 e. The third-order valence-corrected chi connectivity index (χ3v) is 4.73. The summed E-state index contributed by atoms with van der Waals surface area (Å²) in [5, 5.41) is 5.46. The summed E-state index contributed by atoms with van der Waals surface area (Å²) >= 11 is 0. The number of furan rings is 1. The number of nitrogens with one attached hydrogen (secondary N) is 2. The monoisotopic (exact) mass is 426 g/mol. The normalized spacial score (nSPS) is 14.0. The Morgan fingerprint density at radius 1 is 1.13 bits per heavy atom. The van der Waals surface area contributed by atoms with Crippen molar-refractivity contribution in [2.45, 2.75) is 0 Å². The van der Waals surface area contributed by atoms with Crippen LogP contribution >= 0.6 is 0 Å². The van der Waals surface area contributed by atoms with Crippen molar-refractivity contribution >= 4 is 23.4 Å². The van der Waals surface area contributed by atoms with Crippen LogP contribution in [0.5, 0.6) is 5.75 Å². The highest BCUT2D eigenvalue weighted by Crippen LogP contribution is 2.18. The van der Waals surface area contributed by atoms with Crippen molar-refractivity contribution in [3.63, 3.8) is 0 Å². The zero-order valence-corrected chi connectivity index (χ0v) is 17.2. The maximum absolute atomic E-state index is 12.5. The summed E-state index contributed by atoms with van der Waals surface area (Å²) in [6, 6.07) is 10.0. The van der Waals surface area contributed by atoms with E-state index < -0.39 is 0 Å². The average molecular weight is 426 g/mol. The number of amides is 3. The van der Waals surface area contributed by atoms with E-state index in [0.29, 0.717) is 50.7 Å². The SMILES string of the molecule is C=CCNC(=O)CN1CCN(C(=O)COc2cccc(NC(=O)c3ccco3)c2)CC1. The zero-order valence-electron chi connectivity index (χ0n) is 17.2. The molecule has 1 aromatic carbocycles. The summed E-state index contributed by atoms with van der Waals surface area (Å²) in [4.78, 5) is 40.0. The van der Waals surface area contributed by atoms with Gasteiger partial charge in [-0.25, -0.2) is 0 Å². The number of ether oxygens (including phenoxy) is 1. The van der Waals surface area contributed by atoms with Crippen molar-refractivity contribution in [1.29, 1.82) is 0 Å². The first-order valence-corrected chi connectivity index (χ1v) is 10.0. The molecule has 3 amide bonds. The summed E-state index contributed by atoms with van der Waals surface area (Å²) in [7, 11) is 0. The molecule has 0 spiro atoms. The number of benzene rings is 1. The molecule has 0 radical (unpaired) electrons. The Kier molecular flexibility index (Phi) is 7.83. The van der Waals surface area contributed by atoms with Crippen molar-refractivity contribution in [3.8, 4) is 5.75 Å². The van der Waals surface area contributed by atoms with Crippen LogP contribution in [-0.4, -0.2) is 73.4 Å². The fraction of sp³-hybridized carbons (Fsp3) is 0.318. The number of nitrogens with zero attached hydrogens (tertiary/aromatic N) is 2. The average Bonchev–Trinajstić information content (AvgIpc) is 3.32. The molecule has 0 saturated carbocycles. The molecule has 2 heterocycles. The quantitative estimate of drug-likeness (QED) is 0.587. The van der Waals surface area contributed by atoms with Crippen LogP contribution in [0.4, 0.5) is 5.69 Å². The van der Waals surface area contributed by atoms with Crippen LogP contribution in [0.2, 0.25) is 0 Å². The summed E-state index contributed by atoms with van der Waals surface area (Å²) in [5.41, 5.74) is 0.537. The standard InChI is InChI=1S/C22H26N4O5/c1-2-8-23-20(27)15-25-9-11-26(12-10-25)21(28)16-31-18-6-3-5-17(14-18)24-22(29)19-7-4-13-30-19/h2-7,13-14H,1,8-12,15-16H2,(H,23,27)(H,24,29). The van der Waals surface area contributed by atoms with Gasteiger partial charge in [0, 0.05) is 44.5 Å². The largest absolute Gasteiger partial charge is 0.484 e. The molecule has 31 heavy (non-hydrogen) atoms. The lowest BCUT2D eigenvalue weighted by atomic mass is 10.3. The minimum absolute atomic E-state index is 0.0537. The zero-order chi connectivity index (χ0) is 22.1. The lowest BCUT2D eigenvalue weighted by molar-refractivity contribution is -0.135. The molecule has 0 atom stereocenters. The predicted molar refractivity (Wildman–Crippen MR) is 115 cm³/mol. The van der Waals surface area contributed by atoms with Crippen molar-refractivity contribution in [2.75, 3.05) is 51.2 Å². The number of carbonyl (C=O) groups excluding carboxylic acids is 3. The van der Waals surface area contributed by atoms with Gasteiger partial charge < -0.3 is 24.7 Å². The minimum atomic E-state index is -0.366. The van der Waals surface area contributed by atoms with E-state index in [9.17, 15) is 14.4 Å². The van der Waals surface area contributed by atoms with Crippen LogP contribution in [0.1, 0.15) is 10.6 Å². The lowest BCUT2D eigenvalue weighted by Gasteiger charge is -2.34. The minimum Gasteiger partial charge on any atom is -0.484 e. The molecular formula is C22H26N4O5. The van der Waals surface area contributed by atoms with E-state index in [1.807, 2.05) is 4.90 Å². The van der Waals surface area contributed by atoms with Crippen LogP contribution in [-0.2, 0) is 9.59 Å². The van der Waals surface area contributed by atoms with Gasteiger partial charge in [-0.1, -0.05) is 12.1 Å². The van der Waals surface area contributed by atoms with Gasteiger partial charge in [0.2, 0.25) is 5.91 Å². The van der Waals surface area contributed by atoms with Crippen molar-refractivity contribution < 1.29 is 23.5 Å². The van der Waals surface area contributed by atoms with Gasteiger partial charge in [0.15, 0.2) is 12.4 Å². The van der Waals surface area contributed by atoms with Gasteiger partial charge in [0.05, 0.1) is 12.8 Å². The highest BCUT2D eigenvalue weighted by molar-refractivity contribution is 6.02. The molecular weight excluding hydrogens is 400 g/mol. The van der Waals surface area contributed by atoms with Crippen LogP contribution in [0, 0.1) is 0 Å². The molecule has 0 bridgehead atoms. The molecule has 9 heteroatoms. The molecule has 164 valence electrons. The van der Waals surface area contributed by atoms with Gasteiger partial charge in [-0.2, -0.15) is 0 Å². The first-order valence-electron chi connectivity index (χ1n) is 10.0. The Balaban J connectivity index is 1.42. The second-order valence-electron chi connectivity index (χ2n) is 7.00. The molecule has 2 N–H and O–H groups in total. The highest BCUT2D eigenvalue weighted by Gasteiger charge is 2.22. The Hall–Kier alpha value is -3.59. The third-order valence-electron chi connectivity index (χ3n) is 4.73. The number of piperazine rings is 1. The van der Waals surface area contributed by atoms with Crippen LogP contribution in [0.3, 0.4) is 0 Å². The van der Waals surface area contributed by atoms with Gasteiger partial charge in [0.25, 0.3) is 11.8 Å². The number of hydrogen-bond acceptors (Lipinski definition) is 6. The van der Waals surface area contributed by atoms with Gasteiger partial charge >= 0.3 is 0 Å². The van der Waals surface area contributed by atoms with E-state index in [1.165, 1.54) is 6.26 Å². The van der Waals surface area contributed by atoms with Gasteiger partial charge in [-0.15, -0.1) is 6.58 Å². The molecule has 1 saturated heterocycles. The van der Waals surface area contributed by atoms with Crippen LogP contribution in [0.15, 0.2) is 59.7 Å². The lowest BCUT2D eigenvalue weighted by Crippen LogP contribution is -2.52. The summed E-state index contributed by atoms with van der Waals surface area (Å²) in [6.45, 7) is 6.55. The summed E-state index contributed by atoms with van der Waals surface area (Å²) in [6.07, 6.45) is 3.06. The van der Waals surface area contributed by atoms with Crippen molar-refractivity contribution in [3.05, 3.63) is 61.1 Å². The number of carbonyl (C=O) groups is 3. The second-order valence-corrected chi connectivity index (χ2v) is 7.00. The van der Waals surface area contributed by atoms with Crippen molar-refractivity contribution in [2.24, 2.45) is 0 Å². The first-order chi connectivity index (χ1) is 15.0.